The Balaban J connectivity index is 3.42. The standard InChI is InChI=1S/C14H19BrINO3/c1-7-10(8(15)6-9(16)11(7)17)12(13(18)19-5)20-14(2,3)4/h6,12H,17H2,1-5H3/t12-/m0/s1. The first-order valence-corrected chi connectivity index (χ1v) is 7.95. The molecule has 0 aliphatic rings. The molecule has 0 aliphatic carbocycles. The Morgan fingerprint density at radius 2 is 2.00 bits per heavy atom. The van der Waals surface area contributed by atoms with Crippen molar-refractivity contribution >= 4 is 50.2 Å². The smallest absolute Gasteiger partial charge is 0.339 e. The SMILES string of the molecule is COC(=O)[C@@H](OC(C)(C)C)c1c(Br)cc(I)c(N)c1C. The summed E-state index contributed by atoms with van der Waals surface area (Å²) in [5.74, 6) is -0.440. The number of benzene rings is 1. The molecule has 0 amide bonds. The number of nitrogen functional groups attached to an aromatic ring is 1. The normalized spacial score (nSPS) is 13.2. The molecular formula is C14H19BrINO3. The van der Waals surface area contributed by atoms with Crippen molar-refractivity contribution in [3.8, 4) is 0 Å². The summed E-state index contributed by atoms with van der Waals surface area (Å²) >= 11 is 5.65. The van der Waals surface area contributed by atoms with Gasteiger partial charge in [0.15, 0.2) is 6.10 Å². The molecule has 0 saturated carbocycles. The maximum Gasteiger partial charge on any atom is 0.339 e. The molecule has 0 unspecified atom stereocenters. The van der Waals surface area contributed by atoms with Crippen molar-refractivity contribution in [2.75, 3.05) is 12.8 Å². The second-order valence-corrected chi connectivity index (χ2v) is 7.44. The molecule has 112 valence electrons. The van der Waals surface area contributed by atoms with E-state index in [1.165, 1.54) is 7.11 Å². The van der Waals surface area contributed by atoms with Crippen LogP contribution in [0.2, 0.25) is 0 Å². The van der Waals surface area contributed by atoms with Crippen molar-refractivity contribution in [1.29, 1.82) is 0 Å². The summed E-state index contributed by atoms with van der Waals surface area (Å²) in [4.78, 5) is 12.1. The average molecular weight is 456 g/mol. The number of halogens is 2. The fourth-order valence-corrected chi connectivity index (χ4v) is 3.66. The lowest BCUT2D eigenvalue weighted by atomic mass is 10.0. The largest absolute Gasteiger partial charge is 0.467 e. The maximum absolute atomic E-state index is 12.1. The van der Waals surface area contributed by atoms with Crippen LogP contribution in [0.1, 0.15) is 38.0 Å². The summed E-state index contributed by atoms with van der Waals surface area (Å²) in [5, 5.41) is 0. The zero-order valence-corrected chi connectivity index (χ0v) is 16.0. The molecule has 1 atom stereocenters. The van der Waals surface area contributed by atoms with Crippen molar-refractivity contribution in [2.24, 2.45) is 0 Å². The quantitative estimate of drug-likeness (QED) is 0.425. The minimum Gasteiger partial charge on any atom is -0.467 e. The predicted molar refractivity (Wildman–Crippen MR) is 91.6 cm³/mol. The molecule has 0 heterocycles. The number of rotatable bonds is 3. The van der Waals surface area contributed by atoms with E-state index >= 15 is 0 Å². The number of methoxy groups -OCH3 is 1. The van der Waals surface area contributed by atoms with Gasteiger partial charge in [-0.3, -0.25) is 0 Å². The zero-order chi connectivity index (χ0) is 15.7. The third-order valence-corrected chi connectivity index (χ3v) is 4.27. The van der Waals surface area contributed by atoms with Gasteiger partial charge >= 0.3 is 5.97 Å². The van der Waals surface area contributed by atoms with Crippen LogP contribution in [0.5, 0.6) is 0 Å². The molecule has 0 spiro atoms. The van der Waals surface area contributed by atoms with Gasteiger partial charge in [-0.1, -0.05) is 15.9 Å². The Kier molecular flexibility index (Phi) is 5.86. The fraction of sp³-hybridized carbons (Fsp3) is 0.500. The van der Waals surface area contributed by atoms with Crippen LogP contribution >= 0.6 is 38.5 Å². The number of hydrogen-bond donors (Lipinski definition) is 1. The Bertz CT molecular complexity index is 526. The highest BCUT2D eigenvalue weighted by Crippen LogP contribution is 2.37. The van der Waals surface area contributed by atoms with E-state index in [1.807, 2.05) is 33.8 Å². The van der Waals surface area contributed by atoms with Crippen LogP contribution in [0, 0.1) is 10.5 Å². The first kappa shape index (κ1) is 17.7. The molecule has 4 nitrogen and oxygen atoms in total. The van der Waals surface area contributed by atoms with Crippen molar-refractivity contribution in [2.45, 2.75) is 39.4 Å². The van der Waals surface area contributed by atoms with Gasteiger partial charge in [0, 0.05) is 19.3 Å². The summed E-state index contributed by atoms with van der Waals surface area (Å²) in [6.07, 6.45) is -0.811. The fourth-order valence-electron chi connectivity index (χ4n) is 1.78. The van der Waals surface area contributed by atoms with Gasteiger partial charge in [-0.25, -0.2) is 4.79 Å². The third kappa shape index (κ3) is 4.08. The molecule has 0 aromatic heterocycles. The van der Waals surface area contributed by atoms with Crippen molar-refractivity contribution in [1.82, 2.24) is 0 Å². The van der Waals surface area contributed by atoms with Crippen LogP contribution in [0.15, 0.2) is 10.5 Å². The van der Waals surface area contributed by atoms with E-state index < -0.39 is 17.7 Å². The van der Waals surface area contributed by atoms with Gasteiger partial charge in [-0.2, -0.15) is 0 Å². The molecule has 0 aliphatic heterocycles. The van der Waals surface area contributed by atoms with Crippen LogP contribution in [0.3, 0.4) is 0 Å². The molecule has 6 heteroatoms. The minimum absolute atomic E-state index is 0.440. The molecule has 1 aromatic carbocycles. The summed E-state index contributed by atoms with van der Waals surface area (Å²) < 4.78 is 12.4. The highest BCUT2D eigenvalue weighted by Gasteiger charge is 2.31. The molecule has 0 saturated heterocycles. The lowest BCUT2D eigenvalue weighted by Gasteiger charge is -2.28. The molecule has 0 bridgehead atoms. The van der Waals surface area contributed by atoms with Gasteiger partial charge in [0.05, 0.1) is 12.7 Å². The van der Waals surface area contributed by atoms with E-state index in [1.54, 1.807) is 0 Å². The molecule has 2 N–H and O–H groups in total. The van der Waals surface area contributed by atoms with Crippen LogP contribution in [0.25, 0.3) is 0 Å². The number of carbonyl (C=O) groups excluding carboxylic acids is 1. The van der Waals surface area contributed by atoms with E-state index in [2.05, 4.69) is 38.5 Å². The van der Waals surface area contributed by atoms with E-state index in [0.29, 0.717) is 11.3 Å². The van der Waals surface area contributed by atoms with Crippen molar-refractivity contribution in [3.05, 3.63) is 25.2 Å². The molecule has 20 heavy (non-hydrogen) atoms. The monoisotopic (exact) mass is 455 g/mol. The second-order valence-electron chi connectivity index (χ2n) is 5.43. The lowest BCUT2D eigenvalue weighted by Crippen LogP contribution is -2.29. The number of esters is 1. The highest BCUT2D eigenvalue weighted by atomic mass is 127. The van der Waals surface area contributed by atoms with Crippen LogP contribution in [0.4, 0.5) is 5.69 Å². The van der Waals surface area contributed by atoms with Crippen LogP contribution in [-0.2, 0) is 14.3 Å². The molecule has 0 radical (unpaired) electrons. The van der Waals surface area contributed by atoms with E-state index in [9.17, 15) is 4.79 Å². The van der Waals surface area contributed by atoms with E-state index in [4.69, 9.17) is 15.2 Å². The molecular weight excluding hydrogens is 437 g/mol. The van der Waals surface area contributed by atoms with E-state index in [0.717, 1.165) is 13.6 Å². The topological polar surface area (TPSA) is 61.5 Å². The van der Waals surface area contributed by atoms with Gasteiger partial charge < -0.3 is 15.2 Å². The van der Waals surface area contributed by atoms with Gasteiger partial charge in [0.2, 0.25) is 0 Å². The Labute approximate surface area is 141 Å². The number of carbonyl (C=O) groups is 1. The lowest BCUT2D eigenvalue weighted by molar-refractivity contribution is -0.164. The third-order valence-electron chi connectivity index (χ3n) is 2.72. The summed E-state index contributed by atoms with van der Waals surface area (Å²) in [5.41, 5.74) is 7.76. The summed E-state index contributed by atoms with van der Waals surface area (Å²) in [7, 11) is 1.35. The number of anilines is 1. The molecule has 1 rings (SSSR count). The average Bonchev–Trinajstić information content (AvgIpc) is 2.32. The van der Waals surface area contributed by atoms with Gasteiger partial charge in [-0.15, -0.1) is 0 Å². The maximum atomic E-state index is 12.1. The first-order chi connectivity index (χ1) is 9.08. The highest BCUT2D eigenvalue weighted by molar-refractivity contribution is 14.1. The van der Waals surface area contributed by atoms with Crippen LogP contribution in [-0.4, -0.2) is 18.7 Å². The Morgan fingerprint density at radius 3 is 2.45 bits per heavy atom. The van der Waals surface area contributed by atoms with Crippen molar-refractivity contribution in [3.63, 3.8) is 0 Å². The predicted octanol–water partition coefficient (Wildman–Crippen LogP) is 3.97. The Hall–Kier alpha value is -0.340. The molecule has 1 aromatic rings. The van der Waals surface area contributed by atoms with Gasteiger partial charge in [-0.05, 0) is 61.9 Å². The number of hydrogen-bond acceptors (Lipinski definition) is 4. The summed E-state index contributed by atoms with van der Waals surface area (Å²) in [6, 6.07) is 1.88. The van der Waals surface area contributed by atoms with Gasteiger partial charge in [0.1, 0.15) is 0 Å². The minimum atomic E-state index is -0.811. The van der Waals surface area contributed by atoms with E-state index in [-0.39, 0.29) is 0 Å². The first-order valence-electron chi connectivity index (χ1n) is 6.08. The van der Waals surface area contributed by atoms with Crippen molar-refractivity contribution < 1.29 is 14.3 Å². The number of nitrogens with two attached hydrogens (primary N) is 1. The summed E-state index contributed by atoms with van der Waals surface area (Å²) in [6.45, 7) is 7.55. The van der Waals surface area contributed by atoms with Crippen LogP contribution < -0.4 is 5.73 Å². The molecule has 0 fully saturated rings. The Morgan fingerprint density at radius 1 is 1.45 bits per heavy atom. The second kappa shape index (κ2) is 6.62. The van der Waals surface area contributed by atoms with Gasteiger partial charge in [0.25, 0.3) is 0 Å². The number of ether oxygens (including phenoxy) is 2. The zero-order valence-electron chi connectivity index (χ0n) is 12.2.